The van der Waals surface area contributed by atoms with E-state index in [1.54, 1.807) is 6.20 Å². The van der Waals surface area contributed by atoms with Gasteiger partial charge in [0.05, 0.1) is 16.8 Å². The maximum Gasteiger partial charge on any atom is 0.228 e. The zero-order valence-corrected chi connectivity index (χ0v) is 11.4. The lowest BCUT2D eigenvalue weighted by molar-refractivity contribution is 0.122. The van der Waals surface area contributed by atoms with Gasteiger partial charge in [0, 0.05) is 6.07 Å². The lowest BCUT2D eigenvalue weighted by atomic mass is 10.2. The summed E-state index contributed by atoms with van der Waals surface area (Å²) in [6.07, 6.45) is 4.41. The van der Waals surface area contributed by atoms with Gasteiger partial charge in [-0.1, -0.05) is 0 Å². The average molecular weight is 286 g/mol. The Kier molecular flexibility index (Phi) is 3.10. The van der Waals surface area contributed by atoms with E-state index in [1.165, 1.54) is 0 Å². The Balaban J connectivity index is 2.09. The second-order valence-electron chi connectivity index (χ2n) is 4.99. The first-order valence-corrected chi connectivity index (χ1v) is 6.24. The number of hydrogen-bond acceptors (Lipinski definition) is 3. The van der Waals surface area contributed by atoms with Gasteiger partial charge in [0.25, 0.3) is 0 Å². The summed E-state index contributed by atoms with van der Waals surface area (Å²) in [6.45, 7) is 5.99. The molecule has 1 aliphatic rings. The van der Waals surface area contributed by atoms with Gasteiger partial charge in [-0.2, -0.15) is 0 Å². The van der Waals surface area contributed by atoms with Crippen LogP contribution in [0.25, 0.3) is 0 Å². The SMILES string of the molecule is CC(C)(C)Oc1ncc(OC2CC2)cc1Br. The standard InChI is InChI=1S/C12H16BrNO2/c1-12(2,3)16-11-10(13)6-9(7-14-11)15-8-4-5-8/h6-8H,4-5H2,1-3H3. The predicted octanol–water partition coefficient (Wildman–Crippen LogP) is 3.56. The van der Waals surface area contributed by atoms with Crippen LogP contribution >= 0.6 is 15.9 Å². The summed E-state index contributed by atoms with van der Waals surface area (Å²) in [5.74, 6) is 1.41. The molecule has 2 rings (SSSR count). The fourth-order valence-corrected chi connectivity index (χ4v) is 1.62. The van der Waals surface area contributed by atoms with E-state index in [1.807, 2.05) is 26.8 Å². The first kappa shape index (κ1) is 11.7. The van der Waals surface area contributed by atoms with Crippen LogP contribution in [-0.4, -0.2) is 16.7 Å². The summed E-state index contributed by atoms with van der Waals surface area (Å²) in [4.78, 5) is 4.25. The van der Waals surface area contributed by atoms with Crippen LogP contribution in [-0.2, 0) is 0 Å². The number of aromatic nitrogens is 1. The number of hydrogen-bond donors (Lipinski definition) is 0. The summed E-state index contributed by atoms with van der Waals surface area (Å²) in [5.41, 5.74) is -0.242. The molecule has 1 heterocycles. The Bertz CT molecular complexity index is 383. The lowest BCUT2D eigenvalue weighted by Crippen LogP contribution is -2.23. The van der Waals surface area contributed by atoms with Crippen LogP contribution in [0.15, 0.2) is 16.7 Å². The number of nitrogens with zero attached hydrogens (tertiary/aromatic N) is 1. The zero-order valence-electron chi connectivity index (χ0n) is 9.79. The van der Waals surface area contributed by atoms with Gasteiger partial charge in [-0.15, -0.1) is 0 Å². The molecule has 1 aromatic heterocycles. The van der Waals surface area contributed by atoms with Crippen LogP contribution < -0.4 is 9.47 Å². The van der Waals surface area contributed by atoms with Crippen molar-refractivity contribution >= 4 is 15.9 Å². The highest BCUT2D eigenvalue weighted by Gasteiger charge is 2.24. The molecule has 0 saturated heterocycles. The molecular weight excluding hydrogens is 270 g/mol. The van der Waals surface area contributed by atoms with Gasteiger partial charge in [-0.25, -0.2) is 4.98 Å². The topological polar surface area (TPSA) is 31.4 Å². The van der Waals surface area contributed by atoms with Crippen molar-refractivity contribution in [2.45, 2.75) is 45.3 Å². The average Bonchev–Trinajstić information content (AvgIpc) is 2.92. The quantitative estimate of drug-likeness (QED) is 0.851. The molecule has 0 aliphatic heterocycles. The van der Waals surface area contributed by atoms with Crippen molar-refractivity contribution in [3.05, 3.63) is 16.7 Å². The fourth-order valence-electron chi connectivity index (χ4n) is 1.22. The molecule has 16 heavy (non-hydrogen) atoms. The minimum absolute atomic E-state index is 0.242. The van der Waals surface area contributed by atoms with Crippen LogP contribution in [0, 0.1) is 0 Å². The molecule has 0 unspecified atom stereocenters. The second-order valence-corrected chi connectivity index (χ2v) is 5.84. The molecule has 88 valence electrons. The van der Waals surface area contributed by atoms with E-state index < -0.39 is 0 Å². The molecular formula is C12H16BrNO2. The molecule has 1 fully saturated rings. The second kappa shape index (κ2) is 4.24. The van der Waals surface area contributed by atoms with E-state index >= 15 is 0 Å². The van der Waals surface area contributed by atoms with Crippen molar-refractivity contribution in [1.82, 2.24) is 4.98 Å². The first-order valence-electron chi connectivity index (χ1n) is 5.45. The smallest absolute Gasteiger partial charge is 0.228 e. The fraction of sp³-hybridized carbons (Fsp3) is 0.583. The molecule has 0 spiro atoms. The van der Waals surface area contributed by atoms with Crippen molar-refractivity contribution in [1.29, 1.82) is 0 Å². The van der Waals surface area contributed by atoms with Gasteiger partial charge < -0.3 is 9.47 Å². The van der Waals surface area contributed by atoms with E-state index in [4.69, 9.17) is 9.47 Å². The lowest BCUT2D eigenvalue weighted by Gasteiger charge is -2.21. The molecule has 4 heteroatoms. The molecule has 1 aliphatic carbocycles. The van der Waals surface area contributed by atoms with Gasteiger partial charge in [-0.3, -0.25) is 0 Å². The van der Waals surface area contributed by atoms with E-state index in [0.29, 0.717) is 12.0 Å². The maximum absolute atomic E-state index is 5.69. The first-order chi connectivity index (χ1) is 7.44. The Hall–Kier alpha value is -0.770. The number of pyridine rings is 1. The van der Waals surface area contributed by atoms with Crippen molar-refractivity contribution < 1.29 is 9.47 Å². The molecule has 0 atom stereocenters. The minimum Gasteiger partial charge on any atom is -0.489 e. The highest BCUT2D eigenvalue weighted by molar-refractivity contribution is 9.10. The largest absolute Gasteiger partial charge is 0.489 e. The summed E-state index contributed by atoms with van der Waals surface area (Å²) < 4.78 is 12.2. The molecule has 0 N–H and O–H groups in total. The van der Waals surface area contributed by atoms with Gasteiger partial charge in [-0.05, 0) is 49.5 Å². The predicted molar refractivity (Wildman–Crippen MR) is 66.0 cm³/mol. The summed E-state index contributed by atoms with van der Waals surface area (Å²) in [7, 11) is 0. The van der Waals surface area contributed by atoms with E-state index in [9.17, 15) is 0 Å². The van der Waals surface area contributed by atoms with Gasteiger partial charge in [0.2, 0.25) is 5.88 Å². The Morgan fingerprint density at radius 1 is 1.38 bits per heavy atom. The monoisotopic (exact) mass is 285 g/mol. The van der Waals surface area contributed by atoms with Crippen molar-refractivity contribution in [3.63, 3.8) is 0 Å². The third-order valence-corrected chi connectivity index (χ3v) is 2.58. The number of rotatable bonds is 3. The Labute approximate surface area is 104 Å². The molecule has 3 nitrogen and oxygen atoms in total. The van der Waals surface area contributed by atoms with Crippen LogP contribution in [0.5, 0.6) is 11.6 Å². The summed E-state index contributed by atoms with van der Waals surface area (Å²) in [5, 5.41) is 0. The Morgan fingerprint density at radius 3 is 2.56 bits per heavy atom. The Morgan fingerprint density at radius 2 is 2.06 bits per heavy atom. The van der Waals surface area contributed by atoms with Crippen LogP contribution in [0.2, 0.25) is 0 Å². The van der Waals surface area contributed by atoms with E-state index in [2.05, 4.69) is 20.9 Å². The highest BCUT2D eigenvalue weighted by Crippen LogP contribution is 2.32. The molecule has 1 saturated carbocycles. The van der Waals surface area contributed by atoms with E-state index in [-0.39, 0.29) is 5.60 Å². The van der Waals surface area contributed by atoms with Crippen molar-refractivity contribution in [2.24, 2.45) is 0 Å². The van der Waals surface area contributed by atoms with Crippen molar-refractivity contribution in [2.75, 3.05) is 0 Å². The van der Waals surface area contributed by atoms with Crippen LogP contribution in [0.4, 0.5) is 0 Å². The molecule has 1 aromatic rings. The number of ether oxygens (including phenoxy) is 2. The molecule has 0 radical (unpaired) electrons. The van der Waals surface area contributed by atoms with E-state index in [0.717, 1.165) is 23.1 Å². The zero-order chi connectivity index (χ0) is 11.8. The third kappa shape index (κ3) is 3.37. The van der Waals surface area contributed by atoms with Gasteiger partial charge in [0.15, 0.2) is 0 Å². The van der Waals surface area contributed by atoms with Crippen LogP contribution in [0.1, 0.15) is 33.6 Å². The van der Waals surface area contributed by atoms with Gasteiger partial charge >= 0.3 is 0 Å². The highest BCUT2D eigenvalue weighted by atomic mass is 79.9. The molecule has 0 aromatic carbocycles. The summed E-state index contributed by atoms with van der Waals surface area (Å²) in [6, 6.07) is 1.91. The normalized spacial score (nSPS) is 16.0. The van der Waals surface area contributed by atoms with Crippen LogP contribution in [0.3, 0.4) is 0 Å². The third-order valence-electron chi connectivity index (χ3n) is 2.01. The van der Waals surface area contributed by atoms with Crippen molar-refractivity contribution in [3.8, 4) is 11.6 Å². The number of halogens is 1. The van der Waals surface area contributed by atoms with Gasteiger partial charge in [0.1, 0.15) is 11.4 Å². The molecule has 0 amide bonds. The molecule has 0 bridgehead atoms. The maximum atomic E-state index is 5.69. The minimum atomic E-state index is -0.242. The summed E-state index contributed by atoms with van der Waals surface area (Å²) >= 11 is 3.44.